The van der Waals surface area contributed by atoms with Gasteiger partial charge < -0.3 is 14.7 Å². The van der Waals surface area contributed by atoms with Gasteiger partial charge in [0, 0.05) is 57.5 Å². The number of aryl methyl sites for hydroxylation is 2. The number of carbonyl (C=O) groups excluding carboxylic acids is 1. The summed E-state index contributed by atoms with van der Waals surface area (Å²) in [5, 5.41) is 8.83. The van der Waals surface area contributed by atoms with E-state index in [9.17, 15) is 18.4 Å². The Morgan fingerprint density at radius 2 is 1.34 bits per heavy atom. The Hall–Kier alpha value is -2.88. The molecule has 3 fully saturated rings. The quantitative estimate of drug-likeness (QED) is 0.431. The minimum atomic E-state index is -0.798. The zero-order valence-corrected chi connectivity index (χ0v) is 28.0. The maximum Gasteiger partial charge on any atom is 0.317 e. The number of rotatable bonds is 4. The number of benzene rings is 2. The largest absolute Gasteiger partial charge is 0.480 e. The molecular weight excluding hydrogens is 564 g/mol. The summed E-state index contributed by atoms with van der Waals surface area (Å²) in [7, 11) is 0. The van der Waals surface area contributed by atoms with Gasteiger partial charge in [-0.1, -0.05) is 69.2 Å². The lowest BCUT2D eigenvalue weighted by molar-refractivity contribution is -0.140. The molecule has 0 saturated carbocycles. The molecule has 44 heavy (non-hydrogen) atoms. The third-order valence-corrected chi connectivity index (χ3v) is 7.69. The number of amides is 1. The molecule has 1 atom stereocenters. The van der Waals surface area contributed by atoms with Crippen molar-refractivity contribution in [2.75, 3.05) is 59.0 Å². The molecule has 1 amide bonds. The molecular formula is C35H55F2N3O4. The number of carboxylic acids is 1. The maximum absolute atomic E-state index is 12.7. The van der Waals surface area contributed by atoms with Gasteiger partial charge in [0.25, 0.3) is 0 Å². The van der Waals surface area contributed by atoms with Gasteiger partial charge in [0.15, 0.2) is 0 Å². The SMILES string of the molecule is CC.CC.Cc1c(F)cccc1F.Cc1cccc(C)c1.O=C(O)CN1CCN(C(=O)C2CCN(C3CCOCC3)C2)CC1. The second kappa shape index (κ2) is 21.8. The van der Waals surface area contributed by atoms with Crippen molar-refractivity contribution >= 4 is 11.9 Å². The van der Waals surface area contributed by atoms with Crippen molar-refractivity contribution in [1.82, 2.24) is 14.7 Å². The van der Waals surface area contributed by atoms with Crippen LogP contribution < -0.4 is 0 Å². The molecule has 3 aliphatic rings. The zero-order chi connectivity index (χ0) is 33.1. The van der Waals surface area contributed by atoms with Crippen molar-refractivity contribution in [2.24, 2.45) is 5.92 Å². The van der Waals surface area contributed by atoms with Crippen LogP contribution in [-0.4, -0.2) is 96.8 Å². The van der Waals surface area contributed by atoms with Gasteiger partial charge in [-0.05, 0) is 58.7 Å². The number of halogens is 2. The van der Waals surface area contributed by atoms with Crippen LogP contribution in [0.5, 0.6) is 0 Å². The number of carboxylic acid groups (broad SMARTS) is 1. The normalized spacial score (nSPS) is 18.7. The Morgan fingerprint density at radius 3 is 1.80 bits per heavy atom. The van der Waals surface area contributed by atoms with E-state index in [4.69, 9.17) is 9.84 Å². The monoisotopic (exact) mass is 619 g/mol. The van der Waals surface area contributed by atoms with E-state index in [0.29, 0.717) is 32.2 Å². The van der Waals surface area contributed by atoms with Gasteiger partial charge in [0.2, 0.25) is 5.91 Å². The van der Waals surface area contributed by atoms with Crippen molar-refractivity contribution < 1.29 is 28.2 Å². The fourth-order valence-corrected chi connectivity index (χ4v) is 5.33. The number of hydrogen-bond acceptors (Lipinski definition) is 5. The molecule has 2 aromatic carbocycles. The van der Waals surface area contributed by atoms with E-state index in [1.54, 1.807) is 0 Å². The van der Waals surface area contributed by atoms with Crippen LogP contribution >= 0.6 is 0 Å². The van der Waals surface area contributed by atoms with Crippen molar-refractivity contribution in [2.45, 2.75) is 73.8 Å². The minimum Gasteiger partial charge on any atom is -0.480 e. The third kappa shape index (κ3) is 13.8. The van der Waals surface area contributed by atoms with E-state index in [1.807, 2.05) is 37.5 Å². The molecule has 0 aliphatic carbocycles. The van der Waals surface area contributed by atoms with Crippen LogP contribution in [0.15, 0.2) is 42.5 Å². The molecule has 1 N–H and O–H groups in total. The first-order valence-corrected chi connectivity index (χ1v) is 16.1. The van der Waals surface area contributed by atoms with Crippen LogP contribution in [0.1, 0.15) is 63.6 Å². The van der Waals surface area contributed by atoms with Gasteiger partial charge in [-0.2, -0.15) is 0 Å². The lowest BCUT2D eigenvalue weighted by atomic mass is 10.1. The van der Waals surface area contributed by atoms with Gasteiger partial charge in [-0.25, -0.2) is 8.78 Å². The van der Waals surface area contributed by atoms with Gasteiger partial charge in [0.1, 0.15) is 11.6 Å². The lowest BCUT2D eigenvalue weighted by Crippen LogP contribution is -2.51. The Kier molecular flexibility index (Phi) is 19.4. The fraction of sp³-hybridized carbons (Fsp3) is 0.600. The van der Waals surface area contributed by atoms with Crippen molar-refractivity contribution in [3.05, 3.63) is 70.8 Å². The lowest BCUT2D eigenvalue weighted by Gasteiger charge is -2.35. The average Bonchev–Trinajstić information content (AvgIpc) is 3.53. The van der Waals surface area contributed by atoms with Gasteiger partial charge in [-0.15, -0.1) is 0 Å². The summed E-state index contributed by atoms with van der Waals surface area (Å²) in [6.07, 6.45) is 3.11. The average molecular weight is 620 g/mol. The minimum absolute atomic E-state index is 0.0724. The molecule has 3 saturated heterocycles. The van der Waals surface area contributed by atoms with Crippen molar-refractivity contribution in [1.29, 1.82) is 0 Å². The summed E-state index contributed by atoms with van der Waals surface area (Å²) in [5.74, 6) is -1.41. The van der Waals surface area contributed by atoms with Crippen molar-refractivity contribution in [3.63, 3.8) is 0 Å². The summed E-state index contributed by atoms with van der Waals surface area (Å²) >= 11 is 0. The highest BCUT2D eigenvalue weighted by atomic mass is 19.1. The highest BCUT2D eigenvalue weighted by molar-refractivity contribution is 5.79. The predicted molar refractivity (Wildman–Crippen MR) is 174 cm³/mol. The molecule has 5 rings (SSSR count). The molecule has 2 aromatic rings. The number of nitrogens with zero attached hydrogens (tertiary/aromatic N) is 3. The van der Waals surface area contributed by atoms with Crippen LogP contribution in [0.3, 0.4) is 0 Å². The number of likely N-dealkylation sites (tertiary alicyclic amines) is 1. The Morgan fingerprint density at radius 1 is 0.818 bits per heavy atom. The van der Waals surface area contributed by atoms with Crippen LogP contribution in [0.2, 0.25) is 0 Å². The van der Waals surface area contributed by atoms with Gasteiger partial charge in [0.05, 0.1) is 12.5 Å². The first-order valence-electron chi connectivity index (χ1n) is 16.1. The first-order chi connectivity index (χ1) is 21.1. The summed E-state index contributed by atoms with van der Waals surface area (Å²) in [6.45, 7) is 19.9. The Labute approximate surface area is 264 Å². The van der Waals surface area contributed by atoms with E-state index < -0.39 is 17.6 Å². The molecule has 9 heteroatoms. The van der Waals surface area contributed by atoms with Gasteiger partial charge in [-0.3, -0.25) is 19.4 Å². The summed E-state index contributed by atoms with van der Waals surface area (Å²) < 4.78 is 30.1. The molecule has 1 unspecified atom stereocenters. The first kappa shape index (κ1) is 39.1. The highest BCUT2D eigenvalue weighted by Gasteiger charge is 2.35. The van der Waals surface area contributed by atoms with Gasteiger partial charge >= 0.3 is 5.97 Å². The molecule has 3 heterocycles. The van der Waals surface area contributed by atoms with E-state index in [2.05, 4.69) is 43.0 Å². The van der Waals surface area contributed by atoms with Crippen LogP contribution in [0, 0.1) is 38.3 Å². The van der Waals surface area contributed by atoms with E-state index in [1.165, 1.54) is 36.2 Å². The molecule has 0 radical (unpaired) electrons. The topological polar surface area (TPSA) is 73.3 Å². The number of aliphatic carboxylic acids is 1. The summed E-state index contributed by atoms with van der Waals surface area (Å²) in [6, 6.07) is 12.8. The smallest absolute Gasteiger partial charge is 0.317 e. The molecule has 3 aliphatic heterocycles. The van der Waals surface area contributed by atoms with Crippen LogP contribution in [-0.2, 0) is 14.3 Å². The number of piperazine rings is 1. The highest BCUT2D eigenvalue weighted by Crippen LogP contribution is 2.25. The molecule has 0 aromatic heterocycles. The van der Waals surface area contributed by atoms with E-state index >= 15 is 0 Å². The number of carbonyl (C=O) groups is 2. The van der Waals surface area contributed by atoms with Crippen molar-refractivity contribution in [3.8, 4) is 0 Å². The number of hydrogen-bond donors (Lipinski definition) is 1. The fourth-order valence-electron chi connectivity index (χ4n) is 5.33. The summed E-state index contributed by atoms with van der Waals surface area (Å²) in [5.41, 5.74) is 2.76. The molecule has 248 valence electrons. The van der Waals surface area contributed by atoms with E-state index in [-0.39, 0.29) is 23.9 Å². The second-order valence-electron chi connectivity index (χ2n) is 10.8. The number of ether oxygens (including phenoxy) is 1. The second-order valence-corrected chi connectivity index (χ2v) is 10.8. The Balaban J connectivity index is 0.000000378. The molecule has 0 spiro atoms. The predicted octanol–water partition coefficient (Wildman–Crippen LogP) is 6.35. The zero-order valence-electron chi connectivity index (χ0n) is 28.0. The van der Waals surface area contributed by atoms with Crippen LogP contribution in [0.25, 0.3) is 0 Å². The van der Waals surface area contributed by atoms with E-state index in [0.717, 1.165) is 45.6 Å². The summed E-state index contributed by atoms with van der Waals surface area (Å²) in [4.78, 5) is 29.7. The maximum atomic E-state index is 12.7. The van der Waals surface area contributed by atoms with Crippen LogP contribution in [0.4, 0.5) is 8.78 Å². The third-order valence-electron chi connectivity index (χ3n) is 7.69. The standard InChI is InChI=1S/C16H27N3O4.C8H10.C7H6F2.2C2H6/c20-15(21)12-17-5-7-18(8-6-17)16(22)13-1-4-19(11-13)14-2-9-23-10-3-14;1-7-4-3-5-8(2)6-7;1-5-6(8)3-2-4-7(5)9;2*1-2/h13-14H,1-12H2,(H,20,21);3-6H,1-2H3;2-4H,1H3;2*1-2H3. The molecule has 0 bridgehead atoms. The Bertz CT molecular complexity index is 1070. The molecule has 7 nitrogen and oxygen atoms in total.